The zero-order valence-corrected chi connectivity index (χ0v) is 10.3. The summed E-state index contributed by atoms with van der Waals surface area (Å²) in [6.07, 6.45) is 1.82. The maximum absolute atomic E-state index is 13.5. The van der Waals surface area contributed by atoms with E-state index in [4.69, 9.17) is 11.0 Å². The summed E-state index contributed by atoms with van der Waals surface area (Å²) in [5.74, 6) is -0.688. The lowest BCUT2D eigenvalue weighted by atomic mass is 10.1. The van der Waals surface area contributed by atoms with Gasteiger partial charge in [-0.2, -0.15) is 5.26 Å². The van der Waals surface area contributed by atoms with Crippen molar-refractivity contribution in [2.75, 3.05) is 11.9 Å². The maximum atomic E-state index is 13.5. The molecule has 18 heavy (non-hydrogen) atoms. The molecule has 0 spiro atoms. The van der Waals surface area contributed by atoms with Crippen LogP contribution in [0.4, 0.5) is 10.1 Å². The quantitative estimate of drug-likeness (QED) is 0.784. The van der Waals surface area contributed by atoms with E-state index in [1.807, 2.05) is 6.07 Å². The maximum Gasteiger partial charge on any atom is 0.224 e. The fourth-order valence-electron chi connectivity index (χ4n) is 1.52. The number of nitrogens with two attached hydrogens (primary N) is 1. The molecule has 4 nitrogen and oxygen atoms in total. The molecule has 0 fully saturated rings. The largest absolute Gasteiger partial charge is 0.330 e. The molecule has 1 rings (SSSR count). The number of amides is 1. The number of anilines is 1. The molecule has 0 aliphatic rings. The van der Waals surface area contributed by atoms with Crippen molar-refractivity contribution in [1.29, 1.82) is 5.26 Å². The molecule has 5 heteroatoms. The minimum atomic E-state index is -0.494. The van der Waals surface area contributed by atoms with E-state index in [0.717, 1.165) is 12.5 Å². The van der Waals surface area contributed by atoms with Crippen LogP contribution in [0.15, 0.2) is 12.1 Å². The number of nitrogens with one attached hydrogen (secondary N) is 1. The Kier molecular flexibility index (Phi) is 5.28. The smallest absolute Gasteiger partial charge is 0.224 e. The normalized spacial score (nSPS) is 9.89. The molecular weight excluding hydrogens is 233 g/mol. The summed E-state index contributed by atoms with van der Waals surface area (Å²) in [5, 5.41) is 11.4. The van der Waals surface area contributed by atoms with Gasteiger partial charge >= 0.3 is 0 Å². The van der Waals surface area contributed by atoms with Crippen LogP contribution in [-0.2, 0) is 4.79 Å². The van der Waals surface area contributed by atoms with Crippen LogP contribution in [0.3, 0.4) is 0 Å². The molecule has 3 N–H and O–H groups in total. The Morgan fingerprint density at radius 1 is 1.50 bits per heavy atom. The number of hydrogen-bond acceptors (Lipinski definition) is 3. The number of rotatable bonds is 5. The van der Waals surface area contributed by atoms with E-state index in [0.29, 0.717) is 30.6 Å². The molecule has 0 aliphatic carbocycles. The van der Waals surface area contributed by atoms with Crippen molar-refractivity contribution in [3.63, 3.8) is 0 Å². The molecule has 1 aromatic rings. The summed E-state index contributed by atoms with van der Waals surface area (Å²) < 4.78 is 13.5. The Morgan fingerprint density at radius 2 is 2.22 bits per heavy atom. The van der Waals surface area contributed by atoms with Crippen LogP contribution in [0, 0.1) is 24.1 Å². The number of nitrogens with zero attached hydrogens (tertiary/aromatic N) is 1. The summed E-state index contributed by atoms with van der Waals surface area (Å²) >= 11 is 0. The van der Waals surface area contributed by atoms with Crippen molar-refractivity contribution >= 4 is 11.6 Å². The first-order valence-electron chi connectivity index (χ1n) is 5.78. The third kappa shape index (κ3) is 3.82. The second kappa shape index (κ2) is 6.72. The third-order valence-corrected chi connectivity index (χ3v) is 2.61. The highest BCUT2D eigenvalue weighted by Crippen LogP contribution is 2.20. The standard InChI is InChI=1S/C13H16FN3O/c1-9-11(14)6-10(8-16)7-12(9)17-13(18)4-2-3-5-15/h6-7H,2-5,15H2,1H3,(H,17,18). The van der Waals surface area contributed by atoms with Gasteiger partial charge in [0, 0.05) is 17.7 Å². The summed E-state index contributed by atoms with van der Waals surface area (Å²) in [5.41, 5.74) is 6.21. The first-order valence-corrected chi connectivity index (χ1v) is 5.78. The second-order valence-electron chi connectivity index (χ2n) is 4.04. The predicted octanol–water partition coefficient (Wildman–Crippen LogP) is 2.07. The Hall–Kier alpha value is -1.93. The average Bonchev–Trinajstić information content (AvgIpc) is 2.35. The van der Waals surface area contributed by atoms with Gasteiger partial charge in [0.05, 0.1) is 11.6 Å². The summed E-state index contributed by atoms with van der Waals surface area (Å²) in [4.78, 5) is 11.6. The molecule has 0 atom stereocenters. The van der Waals surface area contributed by atoms with Crippen LogP contribution in [0.1, 0.15) is 30.4 Å². The number of nitriles is 1. The van der Waals surface area contributed by atoms with Gasteiger partial charge in [0.25, 0.3) is 0 Å². The highest BCUT2D eigenvalue weighted by molar-refractivity contribution is 5.91. The van der Waals surface area contributed by atoms with E-state index in [1.54, 1.807) is 6.92 Å². The van der Waals surface area contributed by atoms with Gasteiger partial charge < -0.3 is 11.1 Å². The topological polar surface area (TPSA) is 78.9 Å². The van der Waals surface area contributed by atoms with Crippen molar-refractivity contribution in [1.82, 2.24) is 0 Å². The van der Waals surface area contributed by atoms with Gasteiger partial charge in [0.2, 0.25) is 5.91 Å². The number of carbonyl (C=O) groups excluding carboxylic acids is 1. The van der Waals surface area contributed by atoms with Crippen LogP contribution in [0.5, 0.6) is 0 Å². The molecule has 1 amide bonds. The monoisotopic (exact) mass is 249 g/mol. The molecule has 0 saturated heterocycles. The predicted molar refractivity (Wildman–Crippen MR) is 67.4 cm³/mol. The Morgan fingerprint density at radius 3 is 2.83 bits per heavy atom. The summed E-state index contributed by atoms with van der Waals surface area (Å²) in [6, 6.07) is 4.48. The third-order valence-electron chi connectivity index (χ3n) is 2.61. The Balaban J connectivity index is 2.75. The van der Waals surface area contributed by atoms with Crippen LogP contribution in [-0.4, -0.2) is 12.5 Å². The second-order valence-corrected chi connectivity index (χ2v) is 4.04. The molecule has 96 valence electrons. The van der Waals surface area contributed by atoms with E-state index in [2.05, 4.69) is 5.32 Å². The minimum absolute atomic E-state index is 0.190. The van der Waals surface area contributed by atoms with Crippen molar-refractivity contribution in [3.8, 4) is 6.07 Å². The summed E-state index contributed by atoms with van der Waals surface area (Å²) in [7, 11) is 0. The zero-order valence-electron chi connectivity index (χ0n) is 10.3. The lowest BCUT2D eigenvalue weighted by Crippen LogP contribution is -2.13. The SMILES string of the molecule is Cc1c(F)cc(C#N)cc1NC(=O)CCCCN. The van der Waals surface area contributed by atoms with Gasteiger partial charge in [0.15, 0.2) is 0 Å². The zero-order chi connectivity index (χ0) is 13.5. The number of carbonyl (C=O) groups is 1. The van der Waals surface area contributed by atoms with Crippen LogP contribution < -0.4 is 11.1 Å². The van der Waals surface area contributed by atoms with Gasteiger partial charge in [0.1, 0.15) is 5.82 Å². The number of benzene rings is 1. The van der Waals surface area contributed by atoms with E-state index >= 15 is 0 Å². The first kappa shape index (κ1) is 14.1. The highest BCUT2D eigenvalue weighted by atomic mass is 19.1. The summed E-state index contributed by atoms with van der Waals surface area (Å²) in [6.45, 7) is 2.11. The molecule has 0 aliphatic heterocycles. The van der Waals surface area contributed by atoms with E-state index in [1.165, 1.54) is 6.07 Å². The molecule has 0 heterocycles. The van der Waals surface area contributed by atoms with E-state index < -0.39 is 5.82 Å². The molecular formula is C13H16FN3O. The van der Waals surface area contributed by atoms with Gasteiger partial charge in [-0.1, -0.05) is 0 Å². The molecule has 0 aromatic heterocycles. The van der Waals surface area contributed by atoms with Crippen LogP contribution >= 0.6 is 0 Å². The number of halogens is 1. The highest BCUT2D eigenvalue weighted by Gasteiger charge is 2.09. The first-order chi connectivity index (χ1) is 8.58. The molecule has 1 aromatic carbocycles. The van der Waals surface area contributed by atoms with Crippen molar-refractivity contribution in [2.24, 2.45) is 5.73 Å². The molecule has 0 radical (unpaired) electrons. The minimum Gasteiger partial charge on any atom is -0.330 e. The number of unbranched alkanes of at least 4 members (excludes halogenated alkanes) is 1. The Bertz CT molecular complexity index is 480. The lowest BCUT2D eigenvalue weighted by molar-refractivity contribution is -0.116. The fourth-order valence-corrected chi connectivity index (χ4v) is 1.52. The van der Waals surface area contributed by atoms with Crippen molar-refractivity contribution in [3.05, 3.63) is 29.1 Å². The Labute approximate surface area is 106 Å². The molecule has 0 saturated carbocycles. The van der Waals surface area contributed by atoms with Gasteiger partial charge in [-0.15, -0.1) is 0 Å². The fraction of sp³-hybridized carbons (Fsp3) is 0.385. The van der Waals surface area contributed by atoms with Gasteiger partial charge in [-0.05, 0) is 38.4 Å². The van der Waals surface area contributed by atoms with E-state index in [9.17, 15) is 9.18 Å². The molecule has 0 bridgehead atoms. The van der Waals surface area contributed by atoms with Crippen molar-refractivity contribution in [2.45, 2.75) is 26.2 Å². The average molecular weight is 249 g/mol. The lowest BCUT2D eigenvalue weighted by Gasteiger charge is -2.09. The van der Waals surface area contributed by atoms with E-state index in [-0.39, 0.29) is 11.5 Å². The van der Waals surface area contributed by atoms with Gasteiger partial charge in [-0.25, -0.2) is 4.39 Å². The molecule has 0 unspecified atom stereocenters. The number of hydrogen-bond donors (Lipinski definition) is 2. The van der Waals surface area contributed by atoms with Gasteiger partial charge in [-0.3, -0.25) is 4.79 Å². The van der Waals surface area contributed by atoms with Crippen LogP contribution in [0.25, 0.3) is 0 Å². The van der Waals surface area contributed by atoms with Crippen LogP contribution in [0.2, 0.25) is 0 Å². The van der Waals surface area contributed by atoms with Crippen molar-refractivity contribution < 1.29 is 9.18 Å².